The van der Waals surface area contributed by atoms with Crippen molar-refractivity contribution in [1.29, 1.82) is 0 Å². The second-order valence-electron chi connectivity index (χ2n) is 8.58. The minimum absolute atomic E-state index is 0.336. The smallest absolute Gasteiger partial charge is 0.354 e. The summed E-state index contributed by atoms with van der Waals surface area (Å²) in [6.07, 6.45) is 1.83. The molecule has 2 heterocycles. The molecule has 0 fully saturated rings. The molecule has 4 rings (SSSR count). The highest BCUT2D eigenvalue weighted by molar-refractivity contribution is 5.88. The van der Waals surface area contributed by atoms with Crippen molar-refractivity contribution in [2.45, 2.75) is 60.5 Å². The predicted octanol–water partition coefficient (Wildman–Crippen LogP) is 5.41. The molecule has 2 aromatic carbocycles. The number of carbonyl (C=O) groups is 1. The van der Waals surface area contributed by atoms with Gasteiger partial charge in [-0.3, -0.25) is 0 Å². The summed E-state index contributed by atoms with van der Waals surface area (Å²) in [5.74, 6) is -0.140. The fourth-order valence-electron chi connectivity index (χ4n) is 4.51. The molecule has 176 valence electrons. The molecule has 3 aromatic rings. The number of carboxylic acid groups (broad SMARTS) is 1. The number of hydrogen-bond donors (Lipinski definition) is 2. The van der Waals surface area contributed by atoms with E-state index in [0.29, 0.717) is 24.4 Å². The van der Waals surface area contributed by atoms with Crippen LogP contribution < -0.4 is 10.2 Å². The van der Waals surface area contributed by atoms with Crippen LogP contribution in [-0.2, 0) is 19.5 Å². The molecule has 1 aromatic heterocycles. The third-order valence-corrected chi connectivity index (χ3v) is 5.85. The van der Waals surface area contributed by atoms with Gasteiger partial charge in [-0.25, -0.2) is 9.78 Å². The molecule has 0 saturated carbocycles. The lowest BCUT2D eigenvalue weighted by Gasteiger charge is -2.22. The van der Waals surface area contributed by atoms with Gasteiger partial charge >= 0.3 is 5.97 Å². The maximum absolute atomic E-state index is 11.5. The average Bonchev–Trinajstić information content (AvgIpc) is 3.34. The Labute approximate surface area is 197 Å². The van der Waals surface area contributed by atoms with Gasteiger partial charge in [-0.05, 0) is 56.8 Å². The van der Waals surface area contributed by atoms with Crippen molar-refractivity contribution in [3.63, 3.8) is 0 Å². The first kappa shape index (κ1) is 24.5. The minimum Gasteiger partial charge on any atom is -0.477 e. The lowest BCUT2D eigenvalue weighted by atomic mass is 10.0. The van der Waals surface area contributed by atoms with Gasteiger partial charge in [0, 0.05) is 25.3 Å². The zero-order chi connectivity index (χ0) is 24.0. The molecule has 0 radical (unpaired) electrons. The number of aromatic carboxylic acids is 1. The third kappa shape index (κ3) is 5.63. The largest absolute Gasteiger partial charge is 0.477 e. The van der Waals surface area contributed by atoms with Gasteiger partial charge in [0.05, 0.1) is 5.69 Å². The molecule has 0 spiro atoms. The van der Waals surface area contributed by atoms with E-state index in [4.69, 9.17) is 0 Å². The maximum atomic E-state index is 11.5. The molecule has 1 aliphatic rings. The number of aromatic nitrogens is 2. The summed E-state index contributed by atoms with van der Waals surface area (Å²) in [6.45, 7) is 13.9. The molecular formula is C27H36N4O2. The van der Waals surface area contributed by atoms with E-state index in [2.05, 4.69) is 79.3 Å². The SMILES string of the molecule is CCCNCc1ccccc1.CCc1nc2n(c1C(=O)O)CCN2c1c(C)cc(C)cc1C. The van der Waals surface area contributed by atoms with Gasteiger partial charge in [-0.15, -0.1) is 0 Å². The van der Waals surface area contributed by atoms with Crippen LogP contribution in [0.4, 0.5) is 11.6 Å². The Morgan fingerprint density at radius 2 is 1.73 bits per heavy atom. The van der Waals surface area contributed by atoms with Crippen LogP contribution in [0.15, 0.2) is 42.5 Å². The quantitative estimate of drug-likeness (QED) is 0.473. The zero-order valence-electron chi connectivity index (χ0n) is 20.5. The molecule has 6 heteroatoms. The van der Waals surface area contributed by atoms with Gasteiger partial charge in [0.15, 0.2) is 5.69 Å². The van der Waals surface area contributed by atoms with Crippen LogP contribution in [0.5, 0.6) is 0 Å². The number of nitrogens with one attached hydrogen (secondary N) is 1. The maximum Gasteiger partial charge on any atom is 0.354 e. The standard InChI is InChI=1S/C17H21N3O2.C10H15N/c1-5-13-15(16(21)22)20-7-6-19(17(20)18-13)14-11(3)8-10(2)9-12(14)4;1-2-8-11-9-10-6-4-3-5-7-10/h8-9H,5-7H2,1-4H3,(H,21,22);3-7,11H,2,8-9H2,1H3. The normalized spacial score (nSPS) is 12.3. The summed E-state index contributed by atoms with van der Waals surface area (Å²) < 4.78 is 1.83. The Hall–Kier alpha value is -3.12. The Morgan fingerprint density at radius 1 is 1.06 bits per heavy atom. The van der Waals surface area contributed by atoms with E-state index >= 15 is 0 Å². The Balaban J connectivity index is 0.000000235. The topological polar surface area (TPSA) is 70.4 Å². The highest BCUT2D eigenvalue weighted by Gasteiger charge is 2.31. The van der Waals surface area contributed by atoms with Crippen LogP contribution in [0.25, 0.3) is 0 Å². The van der Waals surface area contributed by atoms with Gasteiger partial charge in [-0.2, -0.15) is 0 Å². The summed E-state index contributed by atoms with van der Waals surface area (Å²) in [5.41, 5.74) is 7.14. The number of hydrogen-bond acceptors (Lipinski definition) is 4. The molecule has 0 atom stereocenters. The number of imidazole rings is 1. The minimum atomic E-state index is -0.894. The Bertz CT molecular complexity index is 1070. The van der Waals surface area contributed by atoms with Gasteiger partial charge in [-0.1, -0.05) is 61.9 Å². The Morgan fingerprint density at radius 3 is 2.30 bits per heavy atom. The summed E-state index contributed by atoms with van der Waals surface area (Å²) in [4.78, 5) is 18.3. The highest BCUT2D eigenvalue weighted by atomic mass is 16.4. The van der Waals surface area contributed by atoms with Crippen molar-refractivity contribution in [2.24, 2.45) is 0 Å². The summed E-state index contributed by atoms with van der Waals surface area (Å²) in [7, 11) is 0. The number of nitrogens with zero attached hydrogens (tertiary/aromatic N) is 3. The number of rotatable bonds is 7. The monoisotopic (exact) mass is 448 g/mol. The van der Waals surface area contributed by atoms with Crippen LogP contribution in [0.2, 0.25) is 0 Å². The zero-order valence-corrected chi connectivity index (χ0v) is 20.5. The second-order valence-corrected chi connectivity index (χ2v) is 8.58. The van der Waals surface area contributed by atoms with Crippen molar-refractivity contribution < 1.29 is 9.90 Å². The van der Waals surface area contributed by atoms with E-state index in [9.17, 15) is 9.90 Å². The second kappa shape index (κ2) is 11.1. The van der Waals surface area contributed by atoms with Crippen LogP contribution in [-0.4, -0.2) is 33.7 Å². The van der Waals surface area contributed by atoms with E-state index in [-0.39, 0.29) is 0 Å². The van der Waals surface area contributed by atoms with Crippen molar-refractivity contribution in [1.82, 2.24) is 14.9 Å². The molecular weight excluding hydrogens is 412 g/mol. The van der Waals surface area contributed by atoms with Gasteiger partial charge in [0.25, 0.3) is 0 Å². The van der Waals surface area contributed by atoms with E-state index < -0.39 is 5.97 Å². The number of benzene rings is 2. The van der Waals surface area contributed by atoms with Crippen molar-refractivity contribution in [2.75, 3.05) is 18.0 Å². The van der Waals surface area contributed by atoms with Gasteiger partial charge < -0.3 is 19.9 Å². The first-order valence-electron chi connectivity index (χ1n) is 11.8. The van der Waals surface area contributed by atoms with Crippen LogP contribution in [0.3, 0.4) is 0 Å². The first-order chi connectivity index (χ1) is 15.9. The third-order valence-electron chi connectivity index (χ3n) is 5.85. The Kier molecular flexibility index (Phi) is 8.28. The first-order valence-corrected chi connectivity index (χ1v) is 11.8. The van der Waals surface area contributed by atoms with Crippen molar-refractivity contribution in [3.05, 3.63) is 76.1 Å². The fourth-order valence-corrected chi connectivity index (χ4v) is 4.51. The van der Waals surface area contributed by atoms with Crippen LogP contribution >= 0.6 is 0 Å². The summed E-state index contributed by atoms with van der Waals surface area (Å²) >= 11 is 0. The van der Waals surface area contributed by atoms with E-state index in [0.717, 1.165) is 31.3 Å². The molecule has 0 bridgehead atoms. The molecule has 0 saturated heterocycles. The van der Waals surface area contributed by atoms with E-state index in [1.807, 2.05) is 17.6 Å². The molecule has 0 aliphatic carbocycles. The number of aryl methyl sites for hydroxylation is 4. The van der Waals surface area contributed by atoms with Crippen LogP contribution in [0.1, 0.15) is 58.7 Å². The van der Waals surface area contributed by atoms with Crippen molar-refractivity contribution >= 4 is 17.6 Å². The van der Waals surface area contributed by atoms with Gasteiger partial charge in [0.1, 0.15) is 0 Å². The highest BCUT2D eigenvalue weighted by Crippen LogP contribution is 2.36. The number of carboxylic acids is 1. The lowest BCUT2D eigenvalue weighted by Crippen LogP contribution is -2.17. The molecule has 1 aliphatic heterocycles. The predicted molar refractivity (Wildman–Crippen MR) is 135 cm³/mol. The van der Waals surface area contributed by atoms with E-state index in [1.165, 1.54) is 28.7 Å². The molecule has 6 nitrogen and oxygen atoms in total. The molecule has 33 heavy (non-hydrogen) atoms. The molecule has 0 amide bonds. The lowest BCUT2D eigenvalue weighted by molar-refractivity contribution is 0.0684. The van der Waals surface area contributed by atoms with Gasteiger partial charge in [0.2, 0.25) is 5.95 Å². The summed E-state index contributed by atoms with van der Waals surface area (Å²) in [5, 5.41) is 12.8. The molecule has 0 unspecified atom stereocenters. The average molecular weight is 449 g/mol. The number of fused-ring (bicyclic) bond motifs is 1. The van der Waals surface area contributed by atoms with Crippen LogP contribution in [0, 0.1) is 20.8 Å². The number of anilines is 2. The fraction of sp³-hybridized carbons (Fsp3) is 0.407. The van der Waals surface area contributed by atoms with E-state index in [1.54, 1.807) is 0 Å². The van der Waals surface area contributed by atoms with Crippen molar-refractivity contribution in [3.8, 4) is 0 Å². The summed E-state index contributed by atoms with van der Waals surface area (Å²) in [6, 6.07) is 14.8. The molecule has 2 N–H and O–H groups in total.